The summed E-state index contributed by atoms with van der Waals surface area (Å²) in [6.45, 7) is 6.31. The van der Waals surface area contributed by atoms with Crippen LogP contribution in [0.4, 0.5) is 23.1 Å². The number of nitrogens with zero attached hydrogens (tertiary/aromatic N) is 3. The summed E-state index contributed by atoms with van der Waals surface area (Å²) in [5.74, 6) is 1.81. The van der Waals surface area contributed by atoms with Crippen molar-refractivity contribution in [1.82, 2.24) is 15.2 Å². The van der Waals surface area contributed by atoms with Gasteiger partial charge in [0.25, 0.3) is 0 Å². The fourth-order valence-electron chi connectivity index (χ4n) is 2.99. The molecule has 6 heteroatoms. The fraction of sp³-hybridized carbons (Fsp3) is 0.286. The minimum absolute atomic E-state index is 0.460. The molecule has 27 heavy (non-hydrogen) atoms. The summed E-state index contributed by atoms with van der Waals surface area (Å²) in [5, 5.41) is 14.9. The third-order valence-corrected chi connectivity index (χ3v) is 4.41. The van der Waals surface area contributed by atoms with Crippen LogP contribution in [-0.4, -0.2) is 22.3 Å². The van der Waals surface area contributed by atoms with Crippen molar-refractivity contribution in [3.63, 3.8) is 0 Å². The Kier molecular flexibility index (Phi) is 5.86. The molecule has 0 fully saturated rings. The Morgan fingerprint density at radius 3 is 2.41 bits per heavy atom. The van der Waals surface area contributed by atoms with Gasteiger partial charge in [-0.05, 0) is 48.6 Å². The lowest BCUT2D eigenvalue weighted by molar-refractivity contribution is 0.416. The van der Waals surface area contributed by atoms with Gasteiger partial charge in [0.2, 0.25) is 5.95 Å². The van der Waals surface area contributed by atoms with Crippen molar-refractivity contribution in [3.05, 3.63) is 59.3 Å². The predicted molar refractivity (Wildman–Crippen MR) is 109 cm³/mol. The number of rotatable bonds is 7. The van der Waals surface area contributed by atoms with Crippen molar-refractivity contribution in [1.29, 1.82) is 0 Å². The van der Waals surface area contributed by atoms with Crippen LogP contribution in [0.3, 0.4) is 0 Å². The Balaban J connectivity index is 1.88. The Morgan fingerprint density at radius 1 is 1.00 bits per heavy atom. The molecule has 3 rings (SSSR count). The zero-order valence-electron chi connectivity index (χ0n) is 16.2. The largest absolute Gasteiger partial charge is 0.495 e. The lowest BCUT2D eigenvalue weighted by atomic mass is 10.0. The molecule has 3 aromatic rings. The van der Waals surface area contributed by atoms with Gasteiger partial charge in [0, 0.05) is 5.69 Å². The number of hydrogen-bond donors (Lipinski definition) is 2. The first-order chi connectivity index (χ1) is 13.1. The van der Waals surface area contributed by atoms with Crippen LogP contribution in [0.25, 0.3) is 0 Å². The van der Waals surface area contributed by atoms with Crippen LogP contribution < -0.4 is 15.4 Å². The first-order valence-electron chi connectivity index (χ1n) is 9.13. The van der Waals surface area contributed by atoms with Crippen LogP contribution in [0.2, 0.25) is 0 Å². The number of methoxy groups -OCH3 is 1. The number of aromatic nitrogens is 3. The molecule has 0 radical (unpaired) electrons. The first-order valence-corrected chi connectivity index (χ1v) is 9.13. The molecule has 0 aliphatic rings. The Morgan fingerprint density at radius 2 is 1.74 bits per heavy atom. The molecule has 2 N–H and O–H groups in total. The second kappa shape index (κ2) is 8.49. The SMILES string of the molecule is CCc1cccc(CC)c1Nc1nncc(Nc2cc(C)ccc2OC)n1. The third-order valence-electron chi connectivity index (χ3n) is 4.41. The van der Waals surface area contributed by atoms with Crippen molar-refractivity contribution in [2.75, 3.05) is 17.7 Å². The second-order valence-corrected chi connectivity index (χ2v) is 6.28. The highest BCUT2D eigenvalue weighted by Crippen LogP contribution is 2.29. The van der Waals surface area contributed by atoms with E-state index in [9.17, 15) is 0 Å². The topological polar surface area (TPSA) is 72.0 Å². The summed E-state index contributed by atoms with van der Waals surface area (Å²) in [5.41, 5.74) is 5.50. The Hall–Kier alpha value is -3.15. The molecular formula is C21H25N5O. The number of para-hydroxylation sites is 1. The highest BCUT2D eigenvalue weighted by atomic mass is 16.5. The van der Waals surface area contributed by atoms with Gasteiger partial charge in [0.05, 0.1) is 19.0 Å². The van der Waals surface area contributed by atoms with Crippen LogP contribution in [0.15, 0.2) is 42.6 Å². The van der Waals surface area contributed by atoms with E-state index in [-0.39, 0.29) is 0 Å². The first kappa shape index (κ1) is 18.6. The van der Waals surface area contributed by atoms with E-state index in [1.807, 2.05) is 25.1 Å². The molecule has 0 aliphatic heterocycles. The van der Waals surface area contributed by atoms with Gasteiger partial charge < -0.3 is 15.4 Å². The second-order valence-electron chi connectivity index (χ2n) is 6.28. The van der Waals surface area contributed by atoms with Gasteiger partial charge in [-0.2, -0.15) is 10.1 Å². The van der Waals surface area contributed by atoms with E-state index in [1.165, 1.54) is 11.1 Å². The van der Waals surface area contributed by atoms with E-state index >= 15 is 0 Å². The maximum Gasteiger partial charge on any atom is 0.249 e. The average molecular weight is 363 g/mol. The molecule has 2 aromatic carbocycles. The van der Waals surface area contributed by atoms with Crippen molar-refractivity contribution < 1.29 is 4.74 Å². The smallest absolute Gasteiger partial charge is 0.249 e. The normalized spacial score (nSPS) is 10.5. The summed E-state index contributed by atoms with van der Waals surface area (Å²) in [7, 11) is 1.65. The molecule has 1 heterocycles. The standard InChI is InChI=1S/C21H25N5O/c1-5-15-8-7-9-16(6-2)20(15)25-21-24-19(13-22-26-21)23-17-12-14(3)10-11-18(17)27-4/h7-13H,5-6H2,1-4H3,(H2,23,24,25,26). The van der Waals surface area contributed by atoms with E-state index in [1.54, 1.807) is 13.3 Å². The highest BCUT2D eigenvalue weighted by molar-refractivity contribution is 5.67. The predicted octanol–water partition coefficient (Wildman–Crippen LogP) is 4.80. The molecule has 0 spiro atoms. The monoisotopic (exact) mass is 363 g/mol. The van der Waals surface area contributed by atoms with E-state index in [0.29, 0.717) is 11.8 Å². The van der Waals surface area contributed by atoms with E-state index in [0.717, 1.165) is 35.5 Å². The molecule has 0 saturated carbocycles. The van der Waals surface area contributed by atoms with Crippen LogP contribution in [-0.2, 0) is 12.8 Å². The van der Waals surface area contributed by atoms with Crippen molar-refractivity contribution in [3.8, 4) is 5.75 Å². The molecule has 0 aliphatic carbocycles. The molecule has 1 aromatic heterocycles. The lowest BCUT2D eigenvalue weighted by Crippen LogP contribution is -2.06. The highest BCUT2D eigenvalue weighted by Gasteiger charge is 2.10. The van der Waals surface area contributed by atoms with E-state index < -0.39 is 0 Å². The molecule has 140 valence electrons. The van der Waals surface area contributed by atoms with Crippen molar-refractivity contribution in [2.45, 2.75) is 33.6 Å². The Labute approximate surface area is 160 Å². The number of benzene rings is 2. The van der Waals surface area contributed by atoms with Crippen LogP contribution in [0.1, 0.15) is 30.5 Å². The minimum Gasteiger partial charge on any atom is -0.495 e. The average Bonchev–Trinajstić information content (AvgIpc) is 2.68. The van der Waals surface area contributed by atoms with Gasteiger partial charge in [0.1, 0.15) is 5.75 Å². The molecule has 6 nitrogen and oxygen atoms in total. The summed E-state index contributed by atoms with van der Waals surface area (Å²) < 4.78 is 5.42. The molecule has 0 bridgehead atoms. The van der Waals surface area contributed by atoms with Crippen LogP contribution in [0.5, 0.6) is 5.75 Å². The number of anilines is 4. The van der Waals surface area contributed by atoms with Gasteiger partial charge in [-0.1, -0.05) is 38.1 Å². The number of nitrogens with one attached hydrogen (secondary N) is 2. The maximum absolute atomic E-state index is 5.42. The van der Waals surface area contributed by atoms with Crippen LogP contribution in [0, 0.1) is 6.92 Å². The summed E-state index contributed by atoms with van der Waals surface area (Å²) >= 11 is 0. The van der Waals surface area contributed by atoms with E-state index in [2.05, 4.69) is 57.9 Å². The molecular weight excluding hydrogens is 338 g/mol. The van der Waals surface area contributed by atoms with Gasteiger partial charge >= 0.3 is 0 Å². The van der Waals surface area contributed by atoms with Crippen LogP contribution >= 0.6 is 0 Å². The van der Waals surface area contributed by atoms with Gasteiger partial charge in [-0.25, -0.2) is 0 Å². The van der Waals surface area contributed by atoms with Gasteiger partial charge in [-0.3, -0.25) is 0 Å². The third kappa shape index (κ3) is 4.34. The summed E-state index contributed by atoms with van der Waals surface area (Å²) in [6, 6.07) is 12.3. The summed E-state index contributed by atoms with van der Waals surface area (Å²) in [4.78, 5) is 4.57. The molecule has 0 amide bonds. The maximum atomic E-state index is 5.42. The number of hydrogen-bond acceptors (Lipinski definition) is 6. The zero-order valence-corrected chi connectivity index (χ0v) is 16.2. The fourth-order valence-corrected chi connectivity index (χ4v) is 2.99. The molecule has 0 saturated heterocycles. The van der Waals surface area contributed by atoms with Gasteiger partial charge in [-0.15, -0.1) is 5.10 Å². The van der Waals surface area contributed by atoms with Crippen molar-refractivity contribution >= 4 is 23.1 Å². The van der Waals surface area contributed by atoms with Crippen molar-refractivity contribution in [2.24, 2.45) is 0 Å². The number of ether oxygens (including phenoxy) is 1. The van der Waals surface area contributed by atoms with Gasteiger partial charge in [0.15, 0.2) is 5.82 Å². The zero-order chi connectivity index (χ0) is 19.2. The van der Waals surface area contributed by atoms with E-state index in [4.69, 9.17) is 4.74 Å². The Bertz CT molecular complexity index is 904. The lowest BCUT2D eigenvalue weighted by Gasteiger charge is -2.15. The quantitative estimate of drug-likeness (QED) is 0.628. The minimum atomic E-state index is 0.460. The molecule has 0 atom stereocenters. The summed E-state index contributed by atoms with van der Waals surface area (Å²) in [6.07, 6.45) is 3.46. The number of aryl methyl sites for hydroxylation is 3. The molecule has 0 unspecified atom stereocenters.